The maximum Gasteiger partial charge on any atom is 0.401 e. The van der Waals surface area contributed by atoms with Crippen molar-refractivity contribution in [2.45, 2.75) is 6.18 Å². The number of hydrogen-bond donors (Lipinski definition) is 1. The van der Waals surface area contributed by atoms with Crippen LogP contribution in [0.4, 0.5) is 13.2 Å². The zero-order valence-corrected chi connectivity index (χ0v) is 10.7. The van der Waals surface area contributed by atoms with Crippen molar-refractivity contribution < 1.29 is 23.1 Å². The van der Waals surface area contributed by atoms with Gasteiger partial charge in [-0.3, -0.25) is 9.69 Å². The molecule has 1 amide bonds. The van der Waals surface area contributed by atoms with Crippen molar-refractivity contribution in [2.24, 2.45) is 0 Å². The number of benzene rings is 1. The summed E-state index contributed by atoms with van der Waals surface area (Å²) in [5, 5.41) is 9.33. The first-order chi connectivity index (χ1) is 9.35. The number of amides is 1. The van der Waals surface area contributed by atoms with Crippen LogP contribution in [0.5, 0.6) is 5.75 Å². The molecule has 2 rings (SSSR count). The SMILES string of the molecule is O=C(c1cccc(O)c1)N1CCN(CC(F)(F)F)CC1. The van der Waals surface area contributed by atoms with Gasteiger partial charge in [-0.05, 0) is 18.2 Å². The van der Waals surface area contributed by atoms with E-state index in [0.717, 1.165) is 0 Å². The van der Waals surface area contributed by atoms with E-state index in [-0.39, 0.29) is 37.8 Å². The highest BCUT2D eigenvalue weighted by Crippen LogP contribution is 2.18. The van der Waals surface area contributed by atoms with Crippen molar-refractivity contribution in [2.75, 3.05) is 32.7 Å². The lowest BCUT2D eigenvalue weighted by molar-refractivity contribution is -0.148. The fourth-order valence-electron chi connectivity index (χ4n) is 2.18. The number of halogens is 3. The van der Waals surface area contributed by atoms with Crippen LogP contribution in [-0.2, 0) is 0 Å². The molecule has 1 N–H and O–H groups in total. The number of aromatic hydroxyl groups is 1. The molecule has 110 valence electrons. The van der Waals surface area contributed by atoms with Crippen LogP contribution in [0.3, 0.4) is 0 Å². The average Bonchev–Trinajstić information content (AvgIpc) is 2.37. The van der Waals surface area contributed by atoms with Crippen molar-refractivity contribution in [3.8, 4) is 5.75 Å². The molecule has 1 aromatic carbocycles. The maximum absolute atomic E-state index is 12.3. The van der Waals surface area contributed by atoms with Crippen LogP contribution < -0.4 is 0 Å². The molecule has 1 heterocycles. The molecule has 1 fully saturated rings. The Morgan fingerprint density at radius 3 is 2.40 bits per heavy atom. The smallest absolute Gasteiger partial charge is 0.401 e. The lowest BCUT2D eigenvalue weighted by Gasteiger charge is -2.35. The summed E-state index contributed by atoms with van der Waals surface area (Å²) in [4.78, 5) is 14.9. The summed E-state index contributed by atoms with van der Waals surface area (Å²) in [6.45, 7) is -0.0373. The number of nitrogens with zero attached hydrogens (tertiary/aromatic N) is 2. The number of alkyl halides is 3. The van der Waals surface area contributed by atoms with Crippen LogP contribution in [0.2, 0.25) is 0 Å². The summed E-state index contributed by atoms with van der Waals surface area (Å²) in [5.74, 6) is -0.279. The van der Waals surface area contributed by atoms with Crippen LogP contribution in [0.1, 0.15) is 10.4 Å². The van der Waals surface area contributed by atoms with E-state index in [1.54, 1.807) is 12.1 Å². The van der Waals surface area contributed by atoms with Crippen LogP contribution in [0.25, 0.3) is 0 Å². The third kappa shape index (κ3) is 3.86. The Morgan fingerprint density at radius 2 is 1.85 bits per heavy atom. The molecule has 0 saturated carbocycles. The molecule has 0 bridgehead atoms. The van der Waals surface area contributed by atoms with E-state index in [4.69, 9.17) is 0 Å². The van der Waals surface area contributed by atoms with Crippen molar-refractivity contribution in [1.29, 1.82) is 0 Å². The molecule has 1 aromatic rings. The van der Waals surface area contributed by atoms with Gasteiger partial charge in [0.25, 0.3) is 5.91 Å². The van der Waals surface area contributed by atoms with Gasteiger partial charge in [0.15, 0.2) is 0 Å². The number of carbonyl (C=O) groups is 1. The second-order valence-corrected chi connectivity index (χ2v) is 4.73. The second kappa shape index (κ2) is 5.70. The molecular formula is C13H15F3N2O2. The summed E-state index contributed by atoms with van der Waals surface area (Å²) in [6, 6.07) is 5.94. The highest BCUT2D eigenvalue weighted by Gasteiger charge is 2.32. The predicted molar refractivity (Wildman–Crippen MR) is 66.5 cm³/mol. The Balaban J connectivity index is 1.92. The summed E-state index contributed by atoms with van der Waals surface area (Å²) in [5.41, 5.74) is 0.342. The molecular weight excluding hydrogens is 273 g/mol. The van der Waals surface area contributed by atoms with E-state index in [1.165, 1.54) is 21.9 Å². The molecule has 20 heavy (non-hydrogen) atoms. The van der Waals surface area contributed by atoms with Gasteiger partial charge < -0.3 is 10.0 Å². The Labute approximate surface area is 114 Å². The lowest BCUT2D eigenvalue weighted by Crippen LogP contribution is -2.50. The van der Waals surface area contributed by atoms with E-state index in [0.29, 0.717) is 5.56 Å². The molecule has 0 unspecified atom stereocenters. The molecule has 0 spiro atoms. The van der Waals surface area contributed by atoms with E-state index >= 15 is 0 Å². The van der Waals surface area contributed by atoms with Crippen molar-refractivity contribution in [1.82, 2.24) is 9.80 Å². The number of carbonyl (C=O) groups excluding carboxylic acids is 1. The molecule has 7 heteroatoms. The van der Waals surface area contributed by atoms with Crippen LogP contribution >= 0.6 is 0 Å². The predicted octanol–water partition coefficient (Wildman–Crippen LogP) is 1.71. The van der Waals surface area contributed by atoms with Gasteiger partial charge in [-0.25, -0.2) is 0 Å². The molecule has 4 nitrogen and oxygen atoms in total. The zero-order valence-electron chi connectivity index (χ0n) is 10.7. The van der Waals surface area contributed by atoms with Crippen molar-refractivity contribution in [3.63, 3.8) is 0 Å². The van der Waals surface area contributed by atoms with Crippen molar-refractivity contribution in [3.05, 3.63) is 29.8 Å². The van der Waals surface area contributed by atoms with Crippen LogP contribution in [-0.4, -0.2) is 59.7 Å². The zero-order chi connectivity index (χ0) is 14.8. The van der Waals surface area contributed by atoms with Gasteiger partial charge in [0.05, 0.1) is 6.54 Å². The second-order valence-electron chi connectivity index (χ2n) is 4.73. The van der Waals surface area contributed by atoms with Gasteiger partial charge >= 0.3 is 6.18 Å². The highest BCUT2D eigenvalue weighted by atomic mass is 19.4. The van der Waals surface area contributed by atoms with Gasteiger partial charge in [0.2, 0.25) is 0 Å². The third-order valence-electron chi connectivity index (χ3n) is 3.16. The van der Waals surface area contributed by atoms with E-state index in [9.17, 15) is 23.1 Å². The Bertz CT molecular complexity index is 483. The first-order valence-corrected chi connectivity index (χ1v) is 6.22. The minimum absolute atomic E-state index is 0.00782. The van der Waals surface area contributed by atoms with Gasteiger partial charge in [-0.1, -0.05) is 6.07 Å². The lowest BCUT2D eigenvalue weighted by atomic mass is 10.1. The number of piperazine rings is 1. The monoisotopic (exact) mass is 288 g/mol. The van der Waals surface area contributed by atoms with E-state index < -0.39 is 12.7 Å². The normalized spacial score (nSPS) is 17.2. The highest BCUT2D eigenvalue weighted by molar-refractivity contribution is 5.94. The molecule has 0 aromatic heterocycles. The maximum atomic E-state index is 12.3. The molecule has 0 aliphatic carbocycles. The summed E-state index contributed by atoms with van der Waals surface area (Å²) in [7, 11) is 0. The molecule has 0 radical (unpaired) electrons. The quantitative estimate of drug-likeness (QED) is 0.901. The average molecular weight is 288 g/mol. The largest absolute Gasteiger partial charge is 0.508 e. The number of hydrogen-bond acceptors (Lipinski definition) is 3. The number of phenolic OH excluding ortho intramolecular Hbond substituents is 1. The summed E-state index contributed by atoms with van der Waals surface area (Å²) < 4.78 is 36.8. The Kier molecular flexibility index (Phi) is 4.17. The minimum Gasteiger partial charge on any atom is -0.508 e. The molecule has 1 aliphatic heterocycles. The van der Waals surface area contributed by atoms with Gasteiger partial charge in [-0.15, -0.1) is 0 Å². The molecule has 1 saturated heterocycles. The first kappa shape index (κ1) is 14.6. The van der Waals surface area contributed by atoms with Crippen LogP contribution in [0, 0.1) is 0 Å². The summed E-state index contributed by atoms with van der Waals surface area (Å²) in [6.07, 6.45) is -4.21. The minimum atomic E-state index is -4.21. The Morgan fingerprint density at radius 1 is 1.20 bits per heavy atom. The fourth-order valence-corrected chi connectivity index (χ4v) is 2.18. The number of rotatable bonds is 2. The van der Waals surface area contributed by atoms with Crippen molar-refractivity contribution >= 4 is 5.91 Å². The standard InChI is InChI=1S/C13H15F3N2O2/c14-13(15,16)9-17-4-6-18(7-5-17)12(20)10-2-1-3-11(19)8-10/h1-3,8,19H,4-7,9H2. The molecule has 1 aliphatic rings. The first-order valence-electron chi connectivity index (χ1n) is 6.22. The third-order valence-corrected chi connectivity index (χ3v) is 3.16. The van der Waals surface area contributed by atoms with Gasteiger partial charge in [-0.2, -0.15) is 13.2 Å². The summed E-state index contributed by atoms with van der Waals surface area (Å²) >= 11 is 0. The van der Waals surface area contributed by atoms with Crippen LogP contribution in [0.15, 0.2) is 24.3 Å². The van der Waals surface area contributed by atoms with E-state index in [1.807, 2.05) is 0 Å². The Hall–Kier alpha value is -1.76. The van der Waals surface area contributed by atoms with E-state index in [2.05, 4.69) is 0 Å². The van der Waals surface area contributed by atoms with Gasteiger partial charge in [0.1, 0.15) is 5.75 Å². The number of phenols is 1. The molecule has 0 atom stereocenters. The van der Waals surface area contributed by atoms with Gasteiger partial charge in [0, 0.05) is 31.7 Å². The topological polar surface area (TPSA) is 43.8 Å². The fraction of sp³-hybridized carbons (Fsp3) is 0.462.